The first-order valence-electron chi connectivity index (χ1n) is 9.32. The molecule has 0 atom stereocenters. The maximum absolute atomic E-state index is 12.5. The summed E-state index contributed by atoms with van der Waals surface area (Å²) in [5.41, 5.74) is 2.43. The van der Waals surface area contributed by atoms with Gasteiger partial charge in [-0.3, -0.25) is 9.59 Å². The van der Waals surface area contributed by atoms with Gasteiger partial charge >= 0.3 is 0 Å². The van der Waals surface area contributed by atoms with E-state index in [2.05, 4.69) is 10.6 Å². The third kappa shape index (κ3) is 5.15. The molecule has 1 heterocycles. The summed E-state index contributed by atoms with van der Waals surface area (Å²) in [7, 11) is 0. The Morgan fingerprint density at radius 1 is 0.677 bits per heavy atom. The van der Waals surface area contributed by atoms with Gasteiger partial charge in [0.25, 0.3) is 11.8 Å². The molecule has 0 aliphatic heterocycles. The molecule has 0 saturated carbocycles. The number of benzene rings is 3. The molecule has 4 aromatic rings. The average Bonchev–Trinajstić information content (AvgIpc) is 3.26. The van der Waals surface area contributed by atoms with Gasteiger partial charge in [0.05, 0.1) is 0 Å². The second-order valence-corrected chi connectivity index (χ2v) is 7.54. The second-order valence-electron chi connectivity index (χ2n) is 6.67. The minimum absolute atomic E-state index is 0.184. The number of carbonyl (C=O) groups excluding carboxylic acids is 2. The Labute approximate surface area is 188 Å². The average molecular weight is 451 g/mol. The summed E-state index contributed by atoms with van der Waals surface area (Å²) >= 11 is 11.8. The van der Waals surface area contributed by atoms with Crippen molar-refractivity contribution < 1.29 is 14.0 Å². The summed E-state index contributed by atoms with van der Waals surface area (Å²) in [5.74, 6) is 0.102. The molecule has 0 aliphatic rings. The first-order valence-corrected chi connectivity index (χ1v) is 10.1. The maximum atomic E-state index is 12.5. The van der Waals surface area contributed by atoms with Crippen LogP contribution in [0.25, 0.3) is 11.3 Å². The van der Waals surface area contributed by atoms with E-state index in [4.69, 9.17) is 27.6 Å². The van der Waals surface area contributed by atoms with Gasteiger partial charge in [-0.1, -0.05) is 29.3 Å². The number of furan rings is 1. The molecule has 31 heavy (non-hydrogen) atoms. The third-order valence-electron chi connectivity index (χ3n) is 4.45. The topological polar surface area (TPSA) is 71.3 Å². The van der Waals surface area contributed by atoms with Gasteiger partial charge in [0, 0.05) is 32.5 Å². The first-order chi connectivity index (χ1) is 15.0. The van der Waals surface area contributed by atoms with E-state index in [9.17, 15) is 9.59 Å². The van der Waals surface area contributed by atoms with Crippen LogP contribution in [0.2, 0.25) is 10.0 Å². The van der Waals surface area contributed by atoms with Gasteiger partial charge in [-0.05, 0) is 78.9 Å². The van der Waals surface area contributed by atoms with Crippen molar-refractivity contribution in [2.75, 3.05) is 10.6 Å². The molecule has 0 saturated heterocycles. The van der Waals surface area contributed by atoms with E-state index in [1.165, 1.54) is 0 Å². The molecule has 0 radical (unpaired) electrons. The van der Waals surface area contributed by atoms with Crippen LogP contribution >= 0.6 is 23.2 Å². The van der Waals surface area contributed by atoms with Gasteiger partial charge in [0.2, 0.25) is 0 Å². The molecule has 4 rings (SSSR count). The lowest BCUT2D eigenvalue weighted by Gasteiger charge is -2.08. The Bertz CT molecular complexity index is 1230. The summed E-state index contributed by atoms with van der Waals surface area (Å²) in [6.45, 7) is 0. The maximum Gasteiger partial charge on any atom is 0.291 e. The molecule has 0 unspecified atom stereocenters. The Morgan fingerprint density at radius 2 is 1.32 bits per heavy atom. The summed E-state index contributed by atoms with van der Waals surface area (Å²) < 4.78 is 5.66. The van der Waals surface area contributed by atoms with Crippen molar-refractivity contribution in [1.29, 1.82) is 0 Å². The number of rotatable bonds is 5. The molecule has 0 fully saturated rings. The highest BCUT2D eigenvalue weighted by atomic mass is 35.5. The Balaban J connectivity index is 1.39. The Hall–Kier alpha value is -3.54. The van der Waals surface area contributed by atoms with Gasteiger partial charge in [-0.25, -0.2) is 0 Å². The minimum atomic E-state index is -0.379. The van der Waals surface area contributed by atoms with Crippen LogP contribution in [-0.4, -0.2) is 11.8 Å². The van der Waals surface area contributed by atoms with E-state index in [1.807, 2.05) is 12.1 Å². The van der Waals surface area contributed by atoms with Crippen molar-refractivity contribution in [2.45, 2.75) is 0 Å². The van der Waals surface area contributed by atoms with Crippen molar-refractivity contribution in [3.63, 3.8) is 0 Å². The molecule has 0 spiro atoms. The molecule has 3 aromatic carbocycles. The molecule has 1 aromatic heterocycles. The number of carbonyl (C=O) groups is 2. The number of anilines is 2. The zero-order valence-electron chi connectivity index (χ0n) is 16.1. The van der Waals surface area contributed by atoms with Gasteiger partial charge in [-0.2, -0.15) is 0 Å². The fourth-order valence-electron chi connectivity index (χ4n) is 2.89. The van der Waals surface area contributed by atoms with Crippen molar-refractivity contribution in [3.8, 4) is 11.3 Å². The largest absolute Gasteiger partial charge is 0.451 e. The van der Waals surface area contributed by atoms with E-state index < -0.39 is 0 Å². The third-order valence-corrected chi connectivity index (χ3v) is 4.93. The van der Waals surface area contributed by atoms with Crippen LogP contribution in [0.3, 0.4) is 0 Å². The lowest BCUT2D eigenvalue weighted by molar-refractivity contribution is 0.0995. The van der Waals surface area contributed by atoms with Gasteiger partial charge < -0.3 is 15.1 Å². The molecule has 5 nitrogen and oxygen atoms in total. The fraction of sp³-hybridized carbons (Fsp3) is 0. The van der Waals surface area contributed by atoms with E-state index in [-0.39, 0.29) is 17.6 Å². The zero-order valence-corrected chi connectivity index (χ0v) is 17.6. The molecule has 0 aliphatic carbocycles. The van der Waals surface area contributed by atoms with Gasteiger partial charge in [-0.15, -0.1) is 0 Å². The second kappa shape index (κ2) is 9.08. The zero-order chi connectivity index (χ0) is 21.8. The minimum Gasteiger partial charge on any atom is -0.451 e. The summed E-state index contributed by atoms with van der Waals surface area (Å²) in [4.78, 5) is 24.8. The highest BCUT2D eigenvalue weighted by molar-refractivity contribution is 6.31. The lowest BCUT2D eigenvalue weighted by atomic mass is 10.2. The van der Waals surface area contributed by atoms with Crippen LogP contribution in [0.4, 0.5) is 11.4 Å². The monoisotopic (exact) mass is 450 g/mol. The van der Waals surface area contributed by atoms with Crippen LogP contribution in [0.15, 0.2) is 89.3 Å². The van der Waals surface area contributed by atoms with Crippen LogP contribution < -0.4 is 10.6 Å². The number of nitrogens with one attached hydrogen (secondary N) is 2. The predicted octanol–water partition coefficient (Wildman–Crippen LogP) is 6.76. The van der Waals surface area contributed by atoms with Gasteiger partial charge in [0.15, 0.2) is 5.76 Å². The number of halogens is 2. The summed E-state index contributed by atoms with van der Waals surface area (Å²) in [6, 6.07) is 23.9. The first kappa shape index (κ1) is 20.7. The van der Waals surface area contributed by atoms with Crippen molar-refractivity contribution >= 4 is 46.4 Å². The standard InChI is InChI=1S/C24H16Cl2N2O3/c25-17-6-4-15(5-7-17)21-12-13-22(31-21)24(30)28-20-10-8-19(9-11-20)27-23(29)16-2-1-3-18(26)14-16/h1-14H,(H,27,29)(H,28,30). The predicted molar refractivity (Wildman–Crippen MR) is 123 cm³/mol. The Morgan fingerprint density at radius 3 is 1.97 bits per heavy atom. The van der Waals surface area contributed by atoms with Crippen molar-refractivity contribution in [3.05, 3.63) is 106 Å². The van der Waals surface area contributed by atoms with Crippen LogP contribution in [0.5, 0.6) is 0 Å². The van der Waals surface area contributed by atoms with Crippen LogP contribution in [0.1, 0.15) is 20.9 Å². The van der Waals surface area contributed by atoms with Crippen LogP contribution in [-0.2, 0) is 0 Å². The van der Waals surface area contributed by atoms with E-state index in [0.717, 1.165) is 5.56 Å². The van der Waals surface area contributed by atoms with Crippen LogP contribution in [0, 0.1) is 0 Å². The summed E-state index contributed by atoms with van der Waals surface area (Å²) in [6.07, 6.45) is 0. The SMILES string of the molecule is O=C(Nc1ccc(NC(=O)c2ccc(-c3ccc(Cl)cc3)o2)cc1)c1cccc(Cl)c1. The molecule has 154 valence electrons. The Kier molecular flexibility index (Phi) is 6.07. The van der Waals surface area contributed by atoms with Gasteiger partial charge in [0.1, 0.15) is 5.76 Å². The highest BCUT2D eigenvalue weighted by Crippen LogP contribution is 2.24. The molecule has 2 amide bonds. The summed E-state index contributed by atoms with van der Waals surface area (Å²) in [5, 5.41) is 6.67. The quantitative estimate of drug-likeness (QED) is 0.352. The van der Waals surface area contributed by atoms with E-state index in [0.29, 0.717) is 32.7 Å². The molecular weight excluding hydrogens is 435 g/mol. The number of hydrogen-bond acceptors (Lipinski definition) is 3. The molecule has 7 heteroatoms. The van der Waals surface area contributed by atoms with E-state index >= 15 is 0 Å². The smallest absolute Gasteiger partial charge is 0.291 e. The van der Waals surface area contributed by atoms with Crippen molar-refractivity contribution in [2.24, 2.45) is 0 Å². The number of amides is 2. The highest BCUT2D eigenvalue weighted by Gasteiger charge is 2.13. The fourth-order valence-corrected chi connectivity index (χ4v) is 3.21. The van der Waals surface area contributed by atoms with E-state index in [1.54, 1.807) is 72.8 Å². The van der Waals surface area contributed by atoms with Crippen molar-refractivity contribution in [1.82, 2.24) is 0 Å². The number of hydrogen-bond donors (Lipinski definition) is 2. The molecular formula is C24H16Cl2N2O3. The normalized spacial score (nSPS) is 10.5. The molecule has 0 bridgehead atoms. The lowest BCUT2D eigenvalue weighted by Crippen LogP contribution is -2.12. The molecule has 2 N–H and O–H groups in total.